The predicted octanol–water partition coefficient (Wildman–Crippen LogP) is 7.01. The second-order valence-corrected chi connectivity index (χ2v) is 9.55. The zero-order valence-electron chi connectivity index (χ0n) is 21.2. The lowest BCUT2D eigenvalue weighted by molar-refractivity contribution is 0.0696. The molecule has 0 bridgehead atoms. The number of benzene rings is 5. The van der Waals surface area contributed by atoms with Crippen LogP contribution < -0.4 is 5.32 Å². The van der Waals surface area contributed by atoms with E-state index in [4.69, 9.17) is 9.63 Å². The van der Waals surface area contributed by atoms with Gasteiger partial charge in [-0.1, -0.05) is 78.0 Å². The molecule has 196 valence electrons. The van der Waals surface area contributed by atoms with Crippen LogP contribution in [-0.2, 0) is 13.0 Å². The number of amides is 1. The third-order valence-corrected chi connectivity index (χ3v) is 6.89. The average Bonchev–Trinajstić information content (AvgIpc) is 3.38. The topological polar surface area (TPSA) is 92.4 Å². The van der Waals surface area contributed by atoms with Gasteiger partial charge in [-0.3, -0.25) is 4.79 Å². The van der Waals surface area contributed by atoms with E-state index in [-0.39, 0.29) is 30.3 Å². The minimum absolute atomic E-state index is 0.173. The van der Waals surface area contributed by atoms with Gasteiger partial charge in [0.15, 0.2) is 5.58 Å². The number of rotatable bonds is 7. The van der Waals surface area contributed by atoms with Crippen molar-refractivity contribution in [1.29, 1.82) is 0 Å². The van der Waals surface area contributed by atoms with Crippen molar-refractivity contribution in [2.75, 3.05) is 0 Å². The van der Waals surface area contributed by atoms with Gasteiger partial charge in [-0.25, -0.2) is 9.18 Å². The number of aromatic nitrogens is 1. The molecule has 5 aromatic carbocycles. The second-order valence-electron chi connectivity index (χ2n) is 9.55. The van der Waals surface area contributed by atoms with Crippen LogP contribution in [-0.4, -0.2) is 22.1 Å². The van der Waals surface area contributed by atoms with Gasteiger partial charge < -0.3 is 14.9 Å². The molecule has 0 aliphatic carbocycles. The van der Waals surface area contributed by atoms with E-state index < -0.39 is 5.97 Å². The lowest BCUT2D eigenvalue weighted by Crippen LogP contribution is -2.23. The first-order valence-corrected chi connectivity index (χ1v) is 12.7. The maximum absolute atomic E-state index is 14.8. The molecule has 0 radical (unpaired) electrons. The Hall–Kier alpha value is -5.30. The number of hydrogen-bond donors (Lipinski definition) is 2. The Kier molecular flexibility index (Phi) is 6.54. The van der Waals surface area contributed by atoms with Crippen LogP contribution >= 0.6 is 0 Å². The minimum Gasteiger partial charge on any atom is -0.478 e. The molecule has 0 saturated heterocycles. The van der Waals surface area contributed by atoms with Gasteiger partial charge in [0.05, 0.1) is 22.2 Å². The van der Waals surface area contributed by atoms with Crippen LogP contribution in [0.25, 0.3) is 32.9 Å². The van der Waals surface area contributed by atoms with E-state index in [0.717, 1.165) is 22.1 Å². The summed E-state index contributed by atoms with van der Waals surface area (Å²) in [6, 6.07) is 30.3. The lowest BCUT2D eigenvalue weighted by atomic mass is 9.96. The Bertz CT molecular complexity index is 1880. The molecule has 0 atom stereocenters. The highest BCUT2D eigenvalue weighted by Gasteiger charge is 2.21. The Morgan fingerprint density at radius 1 is 0.825 bits per heavy atom. The van der Waals surface area contributed by atoms with Crippen molar-refractivity contribution in [1.82, 2.24) is 10.5 Å². The molecule has 0 saturated carbocycles. The molecule has 40 heavy (non-hydrogen) atoms. The highest BCUT2D eigenvalue weighted by atomic mass is 19.1. The molecule has 0 spiro atoms. The number of carbonyl (C=O) groups is 2. The fourth-order valence-corrected chi connectivity index (χ4v) is 4.89. The first-order valence-electron chi connectivity index (χ1n) is 12.7. The zero-order chi connectivity index (χ0) is 27.6. The molecule has 1 heterocycles. The van der Waals surface area contributed by atoms with Gasteiger partial charge in [0.1, 0.15) is 5.82 Å². The quantitative estimate of drug-likeness (QED) is 0.232. The van der Waals surface area contributed by atoms with E-state index >= 15 is 0 Å². The summed E-state index contributed by atoms with van der Waals surface area (Å²) in [5.74, 6) is -1.67. The van der Waals surface area contributed by atoms with Crippen molar-refractivity contribution in [2.24, 2.45) is 0 Å². The average molecular weight is 531 g/mol. The van der Waals surface area contributed by atoms with Crippen LogP contribution in [0, 0.1) is 5.82 Å². The fraction of sp³-hybridized carbons (Fsp3) is 0.0606. The molecule has 0 aliphatic rings. The summed E-state index contributed by atoms with van der Waals surface area (Å²) in [7, 11) is 0. The lowest BCUT2D eigenvalue weighted by Gasteiger charge is -2.10. The summed E-state index contributed by atoms with van der Waals surface area (Å²) in [6.45, 7) is 0.201. The monoisotopic (exact) mass is 530 g/mol. The number of aromatic carboxylic acids is 1. The summed E-state index contributed by atoms with van der Waals surface area (Å²) in [4.78, 5) is 24.7. The Morgan fingerprint density at radius 3 is 2.35 bits per heavy atom. The van der Waals surface area contributed by atoms with Crippen LogP contribution in [0.5, 0.6) is 0 Å². The van der Waals surface area contributed by atoms with Crippen LogP contribution in [0.3, 0.4) is 0 Å². The maximum Gasteiger partial charge on any atom is 0.335 e. The first-order chi connectivity index (χ1) is 19.5. The number of halogens is 1. The van der Waals surface area contributed by atoms with Gasteiger partial charge in [0.25, 0.3) is 5.91 Å². The van der Waals surface area contributed by atoms with Gasteiger partial charge in [-0.05, 0) is 58.0 Å². The maximum atomic E-state index is 14.8. The standard InChI is InChI=1S/C33H23FN2O4/c34-28-15-21(14-24-8-4-5-9-26(24)28)16-29-31-27(32(37)35-19-20-10-12-23(13-11-20)33(38)39)17-25(18-30(31)40-36-29)22-6-2-1-3-7-22/h1-15,17-18H,16,19H2,(H,35,37)(H,38,39). The van der Waals surface area contributed by atoms with Crippen LogP contribution in [0.1, 0.15) is 37.5 Å². The molecule has 1 aromatic heterocycles. The van der Waals surface area contributed by atoms with Crippen LogP contribution in [0.4, 0.5) is 4.39 Å². The largest absolute Gasteiger partial charge is 0.478 e. The van der Waals surface area contributed by atoms with Gasteiger partial charge in [0.2, 0.25) is 0 Å². The molecule has 6 nitrogen and oxygen atoms in total. The van der Waals surface area contributed by atoms with Gasteiger partial charge in [0, 0.05) is 18.4 Å². The molecule has 6 rings (SSSR count). The van der Waals surface area contributed by atoms with Crippen molar-refractivity contribution in [3.63, 3.8) is 0 Å². The van der Waals surface area contributed by atoms with Gasteiger partial charge >= 0.3 is 5.97 Å². The van der Waals surface area contributed by atoms with E-state index in [1.807, 2.05) is 60.7 Å². The zero-order valence-corrected chi connectivity index (χ0v) is 21.2. The Labute approximate surface area is 228 Å². The van der Waals surface area contributed by atoms with Crippen LogP contribution in [0.2, 0.25) is 0 Å². The van der Waals surface area contributed by atoms with Crippen LogP contribution in [0.15, 0.2) is 108 Å². The second kappa shape index (κ2) is 10.5. The number of carboxylic acid groups (broad SMARTS) is 1. The molecule has 0 fully saturated rings. The molecular formula is C33H23FN2O4. The van der Waals surface area contributed by atoms with E-state index in [0.29, 0.717) is 33.2 Å². The van der Waals surface area contributed by atoms with Crippen molar-refractivity contribution < 1.29 is 23.6 Å². The van der Waals surface area contributed by atoms with Crippen molar-refractivity contribution >= 4 is 33.6 Å². The van der Waals surface area contributed by atoms with Gasteiger partial charge in [-0.15, -0.1) is 0 Å². The normalized spacial score (nSPS) is 11.1. The van der Waals surface area contributed by atoms with E-state index in [9.17, 15) is 14.0 Å². The number of carboxylic acids is 1. The summed E-state index contributed by atoms with van der Waals surface area (Å²) in [5.41, 5.74) is 4.71. The third-order valence-electron chi connectivity index (χ3n) is 6.89. The summed E-state index contributed by atoms with van der Waals surface area (Å²) >= 11 is 0. The number of fused-ring (bicyclic) bond motifs is 2. The summed E-state index contributed by atoms with van der Waals surface area (Å²) in [5, 5.41) is 18.2. The molecule has 2 N–H and O–H groups in total. The van der Waals surface area contributed by atoms with Crippen molar-refractivity contribution in [3.8, 4) is 11.1 Å². The first kappa shape index (κ1) is 25.0. The van der Waals surface area contributed by atoms with Crippen molar-refractivity contribution in [2.45, 2.75) is 13.0 Å². The fourth-order valence-electron chi connectivity index (χ4n) is 4.89. The molecule has 0 aliphatic heterocycles. The van der Waals surface area contributed by atoms with Crippen molar-refractivity contribution in [3.05, 3.63) is 137 Å². The van der Waals surface area contributed by atoms with E-state index in [1.165, 1.54) is 18.2 Å². The molecular weight excluding hydrogens is 507 g/mol. The molecule has 6 aromatic rings. The molecule has 7 heteroatoms. The smallest absolute Gasteiger partial charge is 0.335 e. The summed E-state index contributed by atoms with van der Waals surface area (Å²) < 4.78 is 20.5. The SMILES string of the molecule is O=C(O)c1ccc(CNC(=O)c2cc(-c3ccccc3)cc3onc(Cc4cc(F)c5ccccc5c4)c23)cc1. The van der Waals surface area contributed by atoms with E-state index in [1.54, 1.807) is 24.3 Å². The third kappa shape index (κ3) is 4.92. The number of nitrogens with one attached hydrogen (secondary N) is 1. The highest BCUT2D eigenvalue weighted by molar-refractivity contribution is 6.08. The Morgan fingerprint density at radius 2 is 1.57 bits per heavy atom. The number of hydrogen-bond acceptors (Lipinski definition) is 4. The molecule has 1 amide bonds. The number of carbonyl (C=O) groups excluding carboxylic acids is 1. The predicted molar refractivity (Wildman–Crippen MR) is 151 cm³/mol. The van der Waals surface area contributed by atoms with E-state index in [2.05, 4.69) is 10.5 Å². The minimum atomic E-state index is -1.01. The molecule has 0 unspecified atom stereocenters. The number of nitrogens with zero attached hydrogens (tertiary/aromatic N) is 1. The Balaban J connectivity index is 1.38. The van der Waals surface area contributed by atoms with Gasteiger partial charge in [-0.2, -0.15) is 0 Å². The highest BCUT2D eigenvalue weighted by Crippen LogP contribution is 2.32. The summed E-state index contributed by atoms with van der Waals surface area (Å²) in [6.07, 6.45) is 0.274.